The second-order valence-corrected chi connectivity index (χ2v) is 10.9. The molecule has 6 rings (SSSR count). The Morgan fingerprint density at radius 2 is 1.52 bits per heavy atom. The Morgan fingerprint density at radius 3 is 2.24 bits per heavy atom. The van der Waals surface area contributed by atoms with Gasteiger partial charge in [0, 0.05) is 11.6 Å². The number of para-hydroxylation sites is 1. The predicted octanol–water partition coefficient (Wildman–Crippen LogP) is 9.89. The molecule has 0 fully saturated rings. The molecule has 0 bridgehead atoms. The standard InChI is InChI=1S/C38H28F3NO4/c1-24-19-26(13-18-32(24)37(43)44)23-45-29-14-16-30(17-15-29)46-31-10-5-9-27(21-31)35-28(20-25-7-3-2-4-8-25)22-42-36-33(35)11-6-12-34(36)38(39,40)41/h2-19,21-22H,20,23H2,1H3,(H,43,44). The van der Waals surface area contributed by atoms with Gasteiger partial charge in [0.1, 0.15) is 23.9 Å². The zero-order valence-electron chi connectivity index (χ0n) is 24.7. The lowest BCUT2D eigenvalue weighted by atomic mass is 9.92. The summed E-state index contributed by atoms with van der Waals surface area (Å²) in [4.78, 5) is 15.6. The molecule has 8 heteroatoms. The minimum Gasteiger partial charge on any atom is -0.489 e. The molecule has 0 saturated carbocycles. The van der Waals surface area contributed by atoms with Crippen molar-refractivity contribution in [1.29, 1.82) is 0 Å². The molecule has 6 aromatic rings. The van der Waals surface area contributed by atoms with Crippen molar-refractivity contribution in [2.45, 2.75) is 26.1 Å². The number of alkyl halides is 3. The highest BCUT2D eigenvalue weighted by Crippen LogP contribution is 2.40. The van der Waals surface area contributed by atoms with Crippen LogP contribution >= 0.6 is 0 Å². The predicted molar refractivity (Wildman–Crippen MR) is 170 cm³/mol. The summed E-state index contributed by atoms with van der Waals surface area (Å²) in [7, 11) is 0. The van der Waals surface area contributed by atoms with E-state index in [1.54, 1.807) is 61.5 Å². The van der Waals surface area contributed by atoms with Crippen LogP contribution in [0.4, 0.5) is 13.2 Å². The number of aromatic nitrogens is 1. The third kappa shape index (κ3) is 6.71. The Labute approximate surface area is 263 Å². The maximum atomic E-state index is 13.9. The third-order valence-electron chi connectivity index (χ3n) is 7.63. The van der Waals surface area contributed by atoms with Gasteiger partial charge in [0.15, 0.2) is 0 Å². The normalized spacial score (nSPS) is 11.4. The molecule has 230 valence electrons. The van der Waals surface area contributed by atoms with Gasteiger partial charge in [-0.1, -0.05) is 66.7 Å². The van der Waals surface area contributed by atoms with Crippen LogP contribution in [-0.4, -0.2) is 16.1 Å². The first kappa shape index (κ1) is 30.4. The van der Waals surface area contributed by atoms with Gasteiger partial charge in [-0.3, -0.25) is 4.98 Å². The highest BCUT2D eigenvalue weighted by Gasteiger charge is 2.33. The number of hydrogen-bond acceptors (Lipinski definition) is 4. The number of carboxylic acid groups (broad SMARTS) is 1. The molecule has 0 unspecified atom stereocenters. The van der Waals surface area contributed by atoms with Crippen molar-refractivity contribution in [3.8, 4) is 28.4 Å². The molecule has 0 aliphatic rings. The molecule has 1 aromatic heterocycles. The van der Waals surface area contributed by atoms with Crippen LogP contribution in [0.25, 0.3) is 22.0 Å². The van der Waals surface area contributed by atoms with Gasteiger partial charge in [-0.05, 0) is 95.3 Å². The van der Waals surface area contributed by atoms with E-state index >= 15 is 0 Å². The van der Waals surface area contributed by atoms with Crippen LogP contribution in [0.2, 0.25) is 0 Å². The van der Waals surface area contributed by atoms with Crippen molar-refractivity contribution in [2.24, 2.45) is 0 Å². The van der Waals surface area contributed by atoms with Crippen molar-refractivity contribution in [3.63, 3.8) is 0 Å². The van der Waals surface area contributed by atoms with Crippen molar-refractivity contribution >= 4 is 16.9 Å². The molecule has 0 aliphatic carbocycles. The van der Waals surface area contributed by atoms with Crippen molar-refractivity contribution in [3.05, 3.63) is 155 Å². The zero-order chi connectivity index (χ0) is 32.3. The fourth-order valence-corrected chi connectivity index (χ4v) is 5.46. The van der Waals surface area contributed by atoms with Gasteiger partial charge in [0.05, 0.1) is 16.6 Å². The Hall–Kier alpha value is -5.63. The number of carbonyl (C=O) groups is 1. The smallest absolute Gasteiger partial charge is 0.418 e. The molecule has 0 aliphatic heterocycles. The van der Waals surface area contributed by atoms with Crippen LogP contribution in [0.5, 0.6) is 17.2 Å². The largest absolute Gasteiger partial charge is 0.489 e. The number of hydrogen-bond donors (Lipinski definition) is 1. The lowest BCUT2D eigenvalue weighted by Crippen LogP contribution is -2.07. The fraction of sp³-hybridized carbons (Fsp3) is 0.105. The van der Waals surface area contributed by atoms with Gasteiger partial charge < -0.3 is 14.6 Å². The Bertz CT molecular complexity index is 2020. The maximum absolute atomic E-state index is 13.9. The third-order valence-corrected chi connectivity index (χ3v) is 7.63. The van der Waals surface area contributed by atoms with E-state index in [1.807, 2.05) is 48.5 Å². The average Bonchev–Trinajstić information content (AvgIpc) is 3.04. The van der Waals surface area contributed by atoms with E-state index in [2.05, 4.69) is 4.98 Å². The number of fused-ring (bicyclic) bond motifs is 1. The molecule has 0 atom stereocenters. The fourth-order valence-electron chi connectivity index (χ4n) is 5.46. The maximum Gasteiger partial charge on any atom is 0.418 e. The first-order chi connectivity index (χ1) is 22.2. The highest BCUT2D eigenvalue weighted by atomic mass is 19.4. The van der Waals surface area contributed by atoms with E-state index in [-0.39, 0.29) is 17.7 Å². The SMILES string of the molecule is Cc1cc(COc2ccc(Oc3cccc(-c4c(Cc5ccccc5)cnc5c(C(F)(F)F)cccc45)c3)cc2)ccc1C(=O)O. The Kier molecular flexibility index (Phi) is 8.44. The number of nitrogens with zero attached hydrogens (tertiary/aromatic N) is 1. The van der Waals surface area contributed by atoms with Gasteiger partial charge in [0.25, 0.3) is 0 Å². The number of rotatable bonds is 9. The average molecular weight is 620 g/mol. The van der Waals surface area contributed by atoms with Gasteiger partial charge in [-0.15, -0.1) is 0 Å². The second-order valence-electron chi connectivity index (χ2n) is 10.9. The van der Waals surface area contributed by atoms with Crippen LogP contribution in [-0.2, 0) is 19.2 Å². The first-order valence-corrected chi connectivity index (χ1v) is 14.5. The molecule has 1 N–H and O–H groups in total. The molecule has 0 amide bonds. The summed E-state index contributed by atoms with van der Waals surface area (Å²) in [5.41, 5.74) is 4.06. The second kappa shape index (κ2) is 12.8. The van der Waals surface area contributed by atoms with Crippen molar-refractivity contribution < 1.29 is 32.5 Å². The van der Waals surface area contributed by atoms with Gasteiger partial charge in [-0.25, -0.2) is 4.79 Å². The van der Waals surface area contributed by atoms with E-state index in [0.717, 1.165) is 22.8 Å². The summed E-state index contributed by atoms with van der Waals surface area (Å²) < 4.78 is 53.8. The molecule has 1 heterocycles. The summed E-state index contributed by atoms with van der Waals surface area (Å²) >= 11 is 0. The van der Waals surface area contributed by atoms with Gasteiger partial charge >= 0.3 is 12.1 Å². The summed E-state index contributed by atoms with van der Waals surface area (Å²) in [6, 6.07) is 33.3. The lowest BCUT2D eigenvalue weighted by molar-refractivity contribution is -0.136. The van der Waals surface area contributed by atoms with Crippen LogP contribution in [0.3, 0.4) is 0 Å². The van der Waals surface area contributed by atoms with E-state index < -0.39 is 17.7 Å². The number of ether oxygens (including phenoxy) is 2. The number of benzene rings is 5. The van der Waals surface area contributed by atoms with Crippen molar-refractivity contribution in [2.75, 3.05) is 0 Å². The molecule has 0 radical (unpaired) electrons. The molecular weight excluding hydrogens is 591 g/mol. The van der Waals surface area contributed by atoms with E-state index in [4.69, 9.17) is 9.47 Å². The first-order valence-electron chi connectivity index (χ1n) is 14.5. The molecular formula is C38H28F3NO4. The van der Waals surface area contributed by atoms with Gasteiger partial charge in [-0.2, -0.15) is 13.2 Å². The number of carboxylic acids is 1. The quantitative estimate of drug-likeness (QED) is 0.174. The topological polar surface area (TPSA) is 68.7 Å². The number of halogens is 3. The monoisotopic (exact) mass is 619 g/mol. The summed E-state index contributed by atoms with van der Waals surface area (Å²) in [6.45, 7) is 2.01. The minimum absolute atomic E-state index is 0.100. The number of pyridine rings is 1. The highest BCUT2D eigenvalue weighted by molar-refractivity contribution is 5.98. The van der Waals surface area contributed by atoms with Crippen LogP contribution < -0.4 is 9.47 Å². The van der Waals surface area contributed by atoms with Crippen molar-refractivity contribution in [1.82, 2.24) is 4.98 Å². The molecule has 5 nitrogen and oxygen atoms in total. The molecule has 46 heavy (non-hydrogen) atoms. The molecule has 0 spiro atoms. The summed E-state index contributed by atoms with van der Waals surface area (Å²) in [6.07, 6.45) is -2.52. The van der Waals surface area contributed by atoms with E-state index in [0.29, 0.717) is 45.7 Å². The summed E-state index contributed by atoms with van der Waals surface area (Å²) in [5.74, 6) is 0.705. The Balaban J connectivity index is 1.27. The minimum atomic E-state index is -4.55. The summed E-state index contributed by atoms with van der Waals surface area (Å²) in [5, 5.41) is 9.64. The molecule has 0 saturated heterocycles. The number of aromatic carboxylic acids is 1. The zero-order valence-corrected chi connectivity index (χ0v) is 24.7. The van der Waals surface area contributed by atoms with E-state index in [9.17, 15) is 23.1 Å². The van der Waals surface area contributed by atoms with Crippen LogP contribution in [0.1, 0.15) is 38.2 Å². The van der Waals surface area contributed by atoms with Crippen LogP contribution in [0.15, 0.2) is 121 Å². The van der Waals surface area contributed by atoms with Crippen LogP contribution in [0, 0.1) is 6.92 Å². The molecule has 5 aromatic carbocycles. The number of aryl methyl sites for hydroxylation is 1. The Morgan fingerprint density at radius 1 is 0.783 bits per heavy atom. The van der Waals surface area contributed by atoms with E-state index in [1.165, 1.54) is 12.3 Å². The lowest BCUT2D eigenvalue weighted by Gasteiger charge is -2.17. The van der Waals surface area contributed by atoms with Gasteiger partial charge in [0.2, 0.25) is 0 Å².